The van der Waals surface area contributed by atoms with Crippen LogP contribution in [0, 0.1) is 5.92 Å². The Bertz CT molecular complexity index is 118. The van der Waals surface area contributed by atoms with Gasteiger partial charge in [-0.15, -0.1) is 0 Å². The van der Waals surface area contributed by atoms with Gasteiger partial charge in [0.25, 0.3) is 0 Å². The quantitative estimate of drug-likeness (QED) is 0.613. The van der Waals surface area contributed by atoms with Gasteiger partial charge in [-0.05, 0) is 26.4 Å². The molecular weight excluding hydrogens is 154 g/mol. The second-order valence-electron chi connectivity index (χ2n) is 3.07. The van der Waals surface area contributed by atoms with Crippen LogP contribution in [-0.2, 0) is 4.79 Å². The standard InChI is InChI=1S/C9H19NO2/c1-3-4-5-8(9(11)12)6-7-10-2/h8,10H,3-7H2,1-2H3,(H,11,12)/t8-/m1/s1. The highest BCUT2D eigenvalue weighted by molar-refractivity contribution is 5.69. The zero-order chi connectivity index (χ0) is 9.40. The number of aliphatic carboxylic acids is 1. The van der Waals surface area contributed by atoms with Crippen molar-refractivity contribution in [2.24, 2.45) is 5.92 Å². The number of carboxylic acid groups (broad SMARTS) is 1. The molecule has 2 N–H and O–H groups in total. The van der Waals surface area contributed by atoms with Crippen molar-refractivity contribution in [3.63, 3.8) is 0 Å². The SMILES string of the molecule is CCCC[C@H](CCNC)C(=O)O. The van der Waals surface area contributed by atoms with Crippen LogP contribution in [0.15, 0.2) is 0 Å². The predicted octanol–water partition coefficient (Wildman–Crippen LogP) is 1.49. The molecule has 1 atom stereocenters. The van der Waals surface area contributed by atoms with Crippen molar-refractivity contribution >= 4 is 5.97 Å². The predicted molar refractivity (Wildman–Crippen MR) is 49.2 cm³/mol. The molecule has 0 unspecified atom stereocenters. The van der Waals surface area contributed by atoms with Gasteiger partial charge < -0.3 is 10.4 Å². The number of hydrogen-bond acceptors (Lipinski definition) is 2. The van der Waals surface area contributed by atoms with Crippen LogP contribution in [0.3, 0.4) is 0 Å². The molecule has 0 saturated carbocycles. The summed E-state index contributed by atoms with van der Waals surface area (Å²) in [4.78, 5) is 10.7. The molecule has 0 aliphatic rings. The van der Waals surface area contributed by atoms with Gasteiger partial charge >= 0.3 is 5.97 Å². The van der Waals surface area contributed by atoms with Gasteiger partial charge in [-0.25, -0.2) is 0 Å². The fraction of sp³-hybridized carbons (Fsp3) is 0.889. The second-order valence-corrected chi connectivity index (χ2v) is 3.07. The van der Waals surface area contributed by atoms with Crippen LogP contribution in [-0.4, -0.2) is 24.7 Å². The third kappa shape index (κ3) is 5.13. The zero-order valence-corrected chi connectivity index (χ0v) is 7.97. The molecule has 0 fully saturated rings. The Morgan fingerprint density at radius 2 is 2.17 bits per heavy atom. The van der Waals surface area contributed by atoms with E-state index in [1.807, 2.05) is 7.05 Å². The molecule has 0 aromatic rings. The Hall–Kier alpha value is -0.570. The summed E-state index contributed by atoms with van der Waals surface area (Å²) in [6.07, 6.45) is 3.64. The fourth-order valence-corrected chi connectivity index (χ4v) is 1.16. The number of nitrogens with one attached hydrogen (secondary N) is 1. The van der Waals surface area contributed by atoms with E-state index in [1.54, 1.807) is 0 Å². The van der Waals surface area contributed by atoms with E-state index in [1.165, 1.54) is 0 Å². The van der Waals surface area contributed by atoms with E-state index in [0.29, 0.717) is 0 Å². The summed E-state index contributed by atoms with van der Waals surface area (Å²) in [6, 6.07) is 0. The summed E-state index contributed by atoms with van der Waals surface area (Å²) in [5, 5.41) is 11.8. The molecule has 72 valence electrons. The lowest BCUT2D eigenvalue weighted by Gasteiger charge is -2.10. The van der Waals surface area contributed by atoms with Crippen LogP contribution in [0.25, 0.3) is 0 Å². The van der Waals surface area contributed by atoms with Crippen LogP contribution in [0.5, 0.6) is 0 Å². The maximum Gasteiger partial charge on any atom is 0.306 e. The first-order valence-corrected chi connectivity index (χ1v) is 4.59. The summed E-state index contributed by atoms with van der Waals surface area (Å²) in [6.45, 7) is 2.87. The lowest BCUT2D eigenvalue weighted by atomic mass is 9.99. The topological polar surface area (TPSA) is 49.3 Å². The molecule has 0 rings (SSSR count). The van der Waals surface area contributed by atoms with Gasteiger partial charge in [-0.3, -0.25) is 4.79 Å². The molecule has 3 heteroatoms. The van der Waals surface area contributed by atoms with Gasteiger partial charge in [0, 0.05) is 0 Å². The Labute approximate surface area is 74.2 Å². The van der Waals surface area contributed by atoms with E-state index in [4.69, 9.17) is 5.11 Å². The fourth-order valence-electron chi connectivity index (χ4n) is 1.16. The summed E-state index contributed by atoms with van der Waals surface area (Å²) < 4.78 is 0. The normalized spacial score (nSPS) is 12.8. The van der Waals surface area contributed by atoms with Crippen LogP contribution >= 0.6 is 0 Å². The molecule has 0 saturated heterocycles. The number of carbonyl (C=O) groups is 1. The molecule has 0 aromatic carbocycles. The number of unbranched alkanes of at least 4 members (excludes halogenated alkanes) is 1. The van der Waals surface area contributed by atoms with E-state index >= 15 is 0 Å². The molecule has 12 heavy (non-hydrogen) atoms. The average Bonchev–Trinajstić information content (AvgIpc) is 2.04. The zero-order valence-electron chi connectivity index (χ0n) is 7.97. The first kappa shape index (κ1) is 11.4. The number of hydrogen-bond donors (Lipinski definition) is 2. The summed E-state index contributed by atoms with van der Waals surface area (Å²) in [5.74, 6) is -0.809. The maximum atomic E-state index is 10.7. The van der Waals surface area contributed by atoms with Crippen LogP contribution in [0.1, 0.15) is 32.6 Å². The second kappa shape index (κ2) is 7.10. The van der Waals surface area contributed by atoms with Crippen LogP contribution in [0.4, 0.5) is 0 Å². The molecule has 0 aromatic heterocycles. The van der Waals surface area contributed by atoms with Crippen molar-refractivity contribution in [2.75, 3.05) is 13.6 Å². The highest BCUT2D eigenvalue weighted by atomic mass is 16.4. The van der Waals surface area contributed by atoms with E-state index in [9.17, 15) is 4.79 Å². The summed E-state index contributed by atoms with van der Waals surface area (Å²) in [5.41, 5.74) is 0. The summed E-state index contributed by atoms with van der Waals surface area (Å²) in [7, 11) is 1.85. The lowest BCUT2D eigenvalue weighted by molar-refractivity contribution is -0.142. The minimum absolute atomic E-state index is 0.155. The Morgan fingerprint density at radius 3 is 2.58 bits per heavy atom. The third-order valence-electron chi connectivity index (χ3n) is 2.00. The Morgan fingerprint density at radius 1 is 1.50 bits per heavy atom. The number of carboxylic acids is 1. The lowest BCUT2D eigenvalue weighted by Crippen LogP contribution is -2.19. The smallest absolute Gasteiger partial charge is 0.306 e. The molecule has 0 amide bonds. The van der Waals surface area contributed by atoms with Crippen molar-refractivity contribution in [3.8, 4) is 0 Å². The van der Waals surface area contributed by atoms with Gasteiger partial charge in [0.1, 0.15) is 0 Å². The van der Waals surface area contributed by atoms with Gasteiger partial charge in [-0.1, -0.05) is 19.8 Å². The molecule has 0 heterocycles. The first-order valence-electron chi connectivity index (χ1n) is 4.59. The molecule has 3 nitrogen and oxygen atoms in total. The minimum atomic E-state index is -0.654. The van der Waals surface area contributed by atoms with Crippen molar-refractivity contribution in [3.05, 3.63) is 0 Å². The molecule has 0 aliphatic carbocycles. The van der Waals surface area contributed by atoms with Crippen molar-refractivity contribution in [2.45, 2.75) is 32.6 Å². The third-order valence-corrected chi connectivity index (χ3v) is 2.00. The van der Waals surface area contributed by atoms with Gasteiger partial charge in [0.15, 0.2) is 0 Å². The minimum Gasteiger partial charge on any atom is -0.481 e. The largest absolute Gasteiger partial charge is 0.481 e. The first-order chi connectivity index (χ1) is 5.72. The molecule has 0 aliphatic heterocycles. The van der Waals surface area contributed by atoms with E-state index in [2.05, 4.69) is 12.2 Å². The Balaban J connectivity index is 3.62. The van der Waals surface area contributed by atoms with Crippen LogP contribution < -0.4 is 5.32 Å². The van der Waals surface area contributed by atoms with Crippen molar-refractivity contribution in [1.82, 2.24) is 5.32 Å². The average molecular weight is 173 g/mol. The molecule has 0 radical (unpaired) electrons. The van der Waals surface area contributed by atoms with Gasteiger partial charge in [-0.2, -0.15) is 0 Å². The number of rotatable bonds is 7. The van der Waals surface area contributed by atoms with E-state index < -0.39 is 5.97 Å². The summed E-state index contributed by atoms with van der Waals surface area (Å²) >= 11 is 0. The van der Waals surface area contributed by atoms with Gasteiger partial charge in [0.2, 0.25) is 0 Å². The molecule has 0 bridgehead atoms. The van der Waals surface area contributed by atoms with Crippen LogP contribution in [0.2, 0.25) is 0 Å². The van der Waals surface area contributed by atoms with E-state index in [-0.39, 0.29) is 5.92 Å². The van der Waals surface area contributed by atoms with Gasteiger partial charge in [0.05, 0.1) is 5.92 Å². The highest BCUT2D eigenvalue weighted by Gasteiger charge is 2.15. The van der Waals surface area contributed by atoms with Crippen molar-refractivity contribution in [1.29, 1.82) is 0 Å². The Kier molecular flexibility index (Phi) is 6.76. The monoisotopic (exact) mass is 173 g/mol. The molecule has 0 spiro atoms. The van der Waals surface area contributed by atoms with E-state index in [0.717, 1.165) is 32.2 Å². The van der Waals surface area contributed by atoms with Crippen molar-refractivity contribution < 1.29 is 9.90 Å². The highest BCUT2D eigenvalue weighted by Crippen LogP contribution is 2.12. The molecular formula is C9H19NO2. The maximum absolute atomic E-state index is 10.7.